The molecule has 6 heteroatoms. The molecular weight excluding hydrogens is 489 g/mol. The van der Waals surface area contributed by atoms with Gasteiger partial charge in [-0.2, -0.15) is 5.10 Å². The van der Waals surface area contributed by atoms with Crippen molar-refractivity contribution >= 4 is 40.8 Å². The fourth-order valence-electron chi connectivity index (χ4n) is 5.66. The van der Waals surface area contributed by atoms with Crippen LogP contribution in [0.2, 0.25) is 10.0 Å². The Morgan fingerprint density at radius 2 is 1.72 bits per heavy atom. The number of halogens is 2. The third kappa shape index (κ3) is 5.40. The Labute approximate surface area is 223 Å². The Bertz CT molecular complexity index is 1260. The molecule has 5 rings (SSSR count). The maximum atomic E-state index is 13.7. The zero-order valence-electron chi connectivity index (χ0n) is 20.8. The molecule has 1 saturated carbocycles. The van der Waals surface area contributed by atoms with Crippen molar-refractivity contribution in [1.29, 1.82) is 0 Å². The van der Waals surface area contributed by atoms with Crippen LogP contribution in [0.3, 0.4) is 0 Å². The second-order valence-corrected chi connectivity index (χ2v) is 11.0. The minimum absolute atomic E-state index is 0.0807. The molecule has 2 aromatic carbocycles. The van der Waals surface area contributed by atoms with Gasteiger partial charge in [-0.05, 0) is 92.8 Å². The lowest BCUT2D eigenvalue weighted by atomic mass is 9.84. The van der Waals surface area contributed by atoms with E-state index in [1.54, 1.807) is 0 Å². The summed E-state index contributed by atoms with van der Waals surface area (Å²) in [5.41, 5.74) is 5.56. The number of carbonyl (C=O) groups is 1. The summed E-state index contributed by atoms with van der Waals surface area (Å²) in [5, 5.41) is 9.56. The Morgan fingerprint density at radius 3 is 2.47 bits per heavy atom. The molecule has 0 radical (unpaired) electrons. The van der Waals surface area contributed by atoms with Crippen LogP contribution in [-0.4, -0.2) is 21.7 Å². The Balaban J connectivity index is 1.59. The lowest BCUT2D eigenvalue weighted by molar-refractivity contribution is 0.0913. The van der Waals surface area contributed by atoms with E-state index < -0.39 is 0 Å². The lowest BCUT2D eigenvalue weighted by Gasteiger charge is -2.28. The molecule has 0 saturated heterocycles. The Morgan fingerprint density at radius 1 is 1.00 bits per heavy atom. The average Bonchev–Trinajstić information content (AvgIpc) is 3.15. The number of carbonyl (C=O) groups excluding carboxylic acids is 1. The summed E-state index contributed by atoms with van der Waals surface area (Å²) in [4.78, 5) is 13.7. The highest BCUT2D eigenvalue weighted by molar-refractivity contribution is 6.32. The van der Waals surface area contributed by atoms with Crippen LogP contribution in [0.5, 0.6) is 0 Å². The van der Waals surface area contributed by atoms with Crippen molar-refractivity contribution in [2.24, 2.45) is 5.92 Å². The fraction of sp³-hybridized carbons (Fsp3) is 0.400. The number of para-hydroxylation sites is 1. The molecule has 188 valence electrons. The molecule has 3 aromatic rings. The van der Waals surface area contributed by atoms with Crippen molar-refractivity contribution in [3.8, 4) is 5.69 Å². The Hall–Kier alpha value is -2.56. The summed E-state index contributed by atoms with van der Waals surface area (Å²) in [6.45, 7) is 2.14. The van der Waals surface area contributed by atoms with Crippen molar-refractivity contribution in [2.75, 3.05) is 0 Å². The molecule has 1 fully saturated rings. The lowest BCUT2D eigenvalue weighted by Crippen LogP contribution is -2.39. The first-order valence-electron chi connectivity index (χ1n) is 13.2. The van der Waals surface area contributed by atoms with E-state index in [-0.39, 0.29) is 11.9 Å². The highest BCUT2D eigenvalue weighted by Crippen LogP contribution is 2.36. The quantitative estimate of drug-likeness (QED) is 0.344. The van der Waals surface area contributed by atoms with Gasteiger partial charge in [-0.25, -0.2) is 4.68 Å². The third-order valence-electron chi connectivity index (χ3n) is 7.63. The average molecular weight is 523 g/mol. The first kappa shape index (κ1) is 25.1. The van der Waals surface area contributed by atoms with Gasteiger partial charge in [-0.1, -0.05) is 66.7 Å². The van der Waals surface area contributed by atoms with Gasteiger partial charge in [0.15, 0.2) is 5.69 Å². The van der Waals surface area contributed by atoms with Gasteiger partial charge in [-0.3, -0.25) is 4.79 Å². The first-order chi connectivity index (χ1) is 17.5. The van der Waals surface area contributed by atoms with Crippen molar-refractivity contribution in [2.45, 2.75) is 70.8 Å². The molecule has 4 nitrogen and oxygen atoms in total. The largest absolute Gasteiger partial charge is 0.348 e. The highest BCUT2D eigenvalue weighted by Gasteiger charge is 2.30. The normalized spacial score (nSPS) is 18.5. The standard InChI is InChI=1S/C30H33Cl2N3O/c1-20(22-9-3-2-4-10-22)33-30(36)28-25-12-6-5-11-23(19-21-15-17-24(31)18-16-21)29(25)35(34-28)27-14-8-7-13-26(27)32/h7-8,13-20,22H,2-6,9-12H2,1H3,(H,33,36)/t20-/m0/s1. The smallest absolute Gasteiger partial charge is 0.272 e. The monoisotopic (exact) mass is 521 g/mol. The molecule has 0 bridgehead atoms. The predicted molar refractivity (Wildman–Crippen MR) is 149 cm³/mol. The summed E-state index contributed by atoms with van der Waals surface area (Å²) in [5.74, 6) is 0.454. The minimum Gasteiger partial charge on any atom is -0.348 e. The molecule has 0 aliphatic heterocycles. The number of hydrogen-bond donors (Lipinski definition) is 1. The summed E-state index contributed by atoms with van der Waals surface area (Å²) in [7, 11) is 0. The van der Waals surface area contributed by atoms with Crippen LogP contribution in [0.15, 0.2) is 48.5 Å². The van der Waals surface area contributed by atoms with E-state index in [4.69, 9.17) is 28.3 Å². The number of fused-ring (bicyclic) bond motifs is 1. The van der Waals surface area contributed by atoms with Crippen molar-refractivity contribution < 1.29 is 4.79 Å². The topological polar surface area (TPSA) is 46.9 Å². The van der Waals surface area contributed by atoms with Crippen LogP contribution in [0, 0.1) is 5.92 Å². The second kappa shape index (κ2) is 11.2. The van der Waals surface area contributed by atoms with E-state index >= 15 is 0 Å². The predicted octanol–water partition coefficient (Wildman–Crippen LogP) is 8.14. The molecule has 1 heterocycles. The number of nitrogens with one attached hydrogen (secondary N) is 1. The SMILES string of the molecule is C[C@H](NC(=O)c1nn(-c2ccccc2Cl)c2c1CCCCC2=Cc1ccc(Cl)cc1)C1CCCCC1. The van der Waals surface area contributed by atoms with Crippen molar-refractivity contribution in [3.63, 3.8) is 0 Å². The summed E-state index contributed by atoms with van der Waals surface area (Å²) >= 11 is 12.8. The van der Waals surface area contributed by atoms with E-state index in [0.717, 1.165) is 53.8 Å². The number of nitrogens with zero attached hydrogens (tertiary/aromatic N) is 2. The van der Waals surface area contributed by atoms with Gasteiger partial charge >= 0.3 is 0 Å². The van der Waals surface area contributed by atoms with Crippen molar-refractivity contribution in [3.05, 3.63) is 81.1 Å². The highest BCUT2D eigenvalue weighted by atomic mass is 35.5. The molecule has 2 aliphatic carbocycles. The summed E-state index contributed by atoms with van der Waals surface area (Å²) in [6, 6.07) is 15.7. The van der Waals surface area contributed by atoms with Gasteiger partial charge in [-0.15, -0.1) is 0 Å². The number of rotatable bonds is 5. The van der Waals surface area contributed by atoms with E-state index in [2.05, 4.69) is 18.3 Å². The van der Waals surface area contributed by atoms with Gasteiger partial charge in [0.2, 0.25) is 0 Å². The van der Waals surface area contributed by atoms with Crippen LogP contribution >= 0.6 is 23.2 Å². The molecule has 1 N–H and O–H groups in total. The van der Waals surface area contributed by atoms with Gasteiger partial charge in [0.25, 0.3) is 5.91 Å². The van der Waals surface area contributed by atoms with Gasteiger partial charge < -0.3 is 5.32 Å². The van der Waals surface area contributed by atoms with Crippen LogP contribution < -0.4 is 5.32 Å². The van der Waals surface area contributed by atoms with E-state index in [0.29, 0.717) is 21.7 Å². The van der Waals surface area contributed by atoms with Gasteiger partial charge in [0, 0.05) is 16.6 Å². The Kier molecular flexibility index (Phi) is 7.83. The number of allylic oxidation sites excluding steroid dienone is 1. The minimum atomic E-state index is -0.0807. The molecule has 0 spiro atoms. The fourth-order valence-corrected chi connectivity index (χ4v) is 6.00. The number of aromatic nitrogens is 2. The summed E-state index contributed by atoms with van der Waals surface area (Å²) in [6.07, 6.45) is 12.2. The molecule has 36 heavy (non-hydrogen) atoms. The van der Waals surface area contributed by atoms with E-state index in [1.807, 2.05) is 53.2 Å². The van der Waals surface area contributed by atoms with Crippen LogP contribution in [0.1, 0.15) is 85.6 Å². The maximum absolute atomic E-state index is 13.7. The number of benzene rings is 2. The van der Waals surface area contributed by atoms with E-state index in [1.165, 1.54) is 32.1 Å². The third-order valence-corrected chi connectivity index (χ3v) is 8.20. The molecule has 2 aliphatic rings. The summed E-state index contributed by atoms with van der Waals surface area (Å²) < 4.78 is 1.89. The van der Waals surface area contributed by atoms with Gasteiger partial charge in [0.05, 0.1) is 16.4 Å². The molecule has 1 aromatic heterocycles. The van der Waals surface area contributed by atoms with E-state index in [9.17, 15) is 4.79 Å². The molecule has 1 amide bonds. The molecule has 1 atom stereocenters. The maximum Gasteiger partial charge on any atom is 0.272 e. The van der Waals surface area contributed by atoms with Crippen LogP contribution in [0.4, 0.5) is 0 Å². The molecular formula is C30H33Cl2N3O. The van der Waals surface area contributed by atoms with Crippen LogP contribution in [-0.2, 0) is 6.42 Å². The number of amides is 1. The van der Waals surface area contributed by atoms with Crippen molar-refractivity contribution in [1.82, 2.24) is 15.1 Å². The molecule has 0 unspecified atom stereocenters. The zero-order valence-corrected chi connectivity index (χ0v) is 22.3. The van der Waals surface area contributed by atoms with Gasteiger partial charge in [0.1, 0.15) is 0 Å². The second-order valence-electron chi connectivity index (χ2n) is 10.1. The first-order valence-corrected chi connectivity index (χ1v) is 13.9. The van der Waals surface area contributed by atoms with Crippen LogP contribution in [0.25, 0.3) is 17.3 Å². The number of hydrogen-bond acceptors (Lipinski definition) is 2. The zero-order chi connectivity index (χ0) is 25.1.